The summed E-state index contributed by atoms with van der Waals surface area (Å²) in [6.07, 6.45) is 1.89. The summed E-state index contributed by atoms with van der Waals surface area (Å²) in [6, 6.07) is -0.558. The number of hydrogen-bond acceptors (Lipinski definition) is 3. The van der Waals surface area contributed by atoms with Crippen LogP contribution in [-0.4, -0.2) is 36.1 Å². The second-order valence-electron chi connectivity index (χ2n) is 3.49. The van der Waals surface area contributed by atoms with Crippen LogP contribution in [0.2, 0.25) is 0 Å². The molecule has 1 unspecified atom stereocenters. The number of aliphatic carboxylic acids is 1. The summed E-state index contributed by atoms with van der Waals surface area (Å²) < 4.78 is 0. The molecule has 3 N–H and O–H groups in total. The number of carbonyl (C=O) groups is 2. The predicted molar refractivity (Wildman–Crippen MR) is 50.8 cm³/mol. The van der Waals surface area contributed by atoms with Crippen molar-refractivity contribution in [2.45, 2.75) is 25.8 Å². The Morgan fingerprint density at radius 2 is 2.14 bits per heavy atom. The van der Waals surface area contributed by atoms with Gasteiger partial charge in [-0.05, 0) is 25.7 Å². The fraction of sp³-hybridized carbons (Fsp3) is 0.778. The Balaban J connectivity index is 2.26. The molecule has 1 saturated carbocycles. The Hall–Kier alpha value is -1.10. The number of carboxylic acid groups (broad SMARTS) is 1. The van der Waals surface area contributed by atoms with Gasteiger partial charge in [-0.2, -0.15) is 0 Å². The Morgan fingerprint density at radius 3 is 2.57 bits per heavy atom. The fourth-order valence-corrected chi connectivity index (χ4v) is 1.35. The summed E-state index contributed by atoms with van der Waals surface area (Å²) >= 11 is 0. The van der Waals surface area contributed by atoms with Gasteiger partial charge in [0, 0.05) is 6.54 Å². The number of amides is 1. The normalized spacial score (nSPS) is 17.5. The lowest BCUT2D eigenvalue weighted by Crippen LogP contribution is -2.44. The van der Waals surface area contributed by atoms with E-state index >= 15 is 0 Å². The molecule has 0 bridgehead atoms. The zero-order chi connectivity index (χ0) is 10.6. The molecule has 1 amide bonds. The van der Waals surface area contributed by atoms with Crippen LogP contribution in [0.15, 0.2) is 0 Å². The summed E-state index contributed by atoms with van der Waals surface area (Å²) in [5.74, 6) is -0.807. The van der Waals surface area contributed by atoms with E-state index in [1.54, 1.807) is 0 Å². The minimum absolute atomic E-state index is 0.0846. The van der Waals surface area contributed by atoms with Gasteiger partial charge in [-0.25, -0.2) is 0 Å². The van der Waals surface area contributed by atoms with Crippen LogP contribution in [0.3, 0.4) is 0 Å². The van der Waals surface area contributed by atoms with Gasteiger partial charge < -0.3 is 10.4 Å². The van der Waals surface area contributed by atoms with Gasteiger partial charge in [-0.3, -0.25) is 14.9 Å². The van der Waals surface area contributed by atoms with Crippen molar-refractivity contribution in [2.24, 2.45) is 5.92 Å². The van der Waals surface area contributed by atoms with Crippen molar-refractivity contribution in [3.8, 4) is 0 Å². The largest absolute Gasteiger partial charge is 0.480 e. The first-order valence-electron chi connectivity index (χ1n) is 4.88. The van der Waals surface area contributed by atoms with E-state index < -0.39 is 12.0 Å². The molecule has 0 saturated heterocycles. The topological polar surface area (TPSA) is 78.4 Å². The van der Waals surface area contributed by atoms with Crippen LogP contribution in [0.25, 0.3) is 0 Å². The third-order valence-electron chi connectivity index (χ3n) is 2.22. The van der Waals surface area contributed by atoms with Crippen molar-refractivity contribution >= 4 is 11.9 Å². The van der Waals surface area contributed by atoms with Gasteiger partial charge in [0.25, 0.3) is 0 Å². The molecule has 1 aliphatic rings. The number of likely N-dealkylation sites (N-methyl/N-ethyl adjacent to an activating group) is 1. The zero-order valence-electron chi connectivity index (χ0n) is 8.25. The molecule has 5 heteroatoms. The lowest BCUT2D eigenvalue weighted by molar-refractivity contribution is -0.140. The maximum atomic E-state index is 11.0. The van der Waals surface area contributed by atoms with Crippen LogP contribution in [0.5, 0.6) is 0 Å². The minimum atomic E-state index is -0.864. The van der Waals surface area contributed by atoms with E-state index in [2.05, 4.69) is 10.6 Å². The van der Waals surface area contributed by atoms with Crippen LogP contribution >= 0.6 is 0 Å². The van der Waals surface area contributed by atoms with E-state index in [4.69, 9.17) is 5.11 Å². The Bertz CT molecular complexity index is 226. The number of nitrogens with one attached hydrogen (secondary N) is 2. The van der Waals surface area contributed by atoms with Crippen LogP contribution in [0.4, 0.5) is 0 Å². The summed E-state index contributed by atoms with van der Waals surface area (Å²) in [6.45, 7) is 2.48. The summed E-state index contributed by atoms with van der Waals surface area (Å²) in [7, 11) is 0. The third-order valence-corrected chi connectivity index (χ3v) is 2.22. The number of rotatable bonds is 6. The lowest BCUT2D eigenvalue weighted by atomic mass is 10.2. The van der Waals surface area contributed by atoms with Gasteiger partial charge in [0.15, 0.2) is 0 Å². The van der Waals surface area contributed by atoms with Gasteiger partial charge in [0.2, 0.25) is 5.91 Å². The highest BCUT2D eigenvalue weighted by Gasteiger charge is 2.35. The van der Waals surface area contributed by atoms with Gasteiger partial charge in [0.1, 0.15) is 6.04 Å². The van der Waals surface area contributed by atoms with Gasteiger partial charge in [-0.1, -0.05) is 0 Å². The van der Waals surface area contributed by atoms with Crippen molar-refractivity contribution in [3.05, 3.63) is 0 Å². The molecule has 0 spiro atoms. The predicted octanol–water partition coefficient (Wildman–Crippen LogP) is -0.425. The summed E-state index contributed by atoms with van der Waals surface area (Å²) in [4.78, 5) is 21.8. The second kappa shape index (κ2) is 4.95. The van der Waals surface area contributed by atoms with Crippen LogP contribution in [-0.2, 0) is 9.59 Å². The highest BCUT2D eigenvalue weighted by molar-refractivity contribution is 5.80. The maximum absolute atomic E-state index is 11.0. The quantitative estimate of drug-likeness (QED) is 0.544. The van der Waals surface area contributed by atoms with E-state index in [-0.39, 0.29) is 18.4 Å². The van der Waals surface area contributed by atoms with Crippen LogP contribution in [0, 0.1) is 5.92 Å². The van der Waals surface area contributed by atoms with Crippen molar-refractivity contribution in [3.63, 3.8) is 0 Å². The van der Waals surface area contributed by atoms with Crippen molar-refractivity contribution < 1.29 is 14.7 Å². The Morgan fingerprint density at radius 1 is 1.50 bits per heavy atom. The molecule has 0 aromatic rings. The summed E-state index contributed by atoms with van der Waals surface area (Å²) in [5, 5.41) is 14.2. The molecule has 1 atom stereocenters. The monoisotopic (exact) mass is 200 g/mol. The third kappa shape index (κ3) is 3.33. The number of carboxylic acids is 1. The van der Waals surface area contributed by atoms with Gasteiger partial charge in [0.05, 0.1) is 6.54 Å². The average molecular weight is 200 g/mol. The smallest absolute Gasteiger partial charge is 0.320 e. The van der Waals surface area contributed by atoms with E-state index in [0.717, 1.165) is 12.8 Å². The minimum Gasteiger partial charge on any atom is -0.480 e. The van der Waals surface area contributed by atoms with E-state index in [9.17, 15) is 9.59 Å². The Kier molecular flexibility index (Phi) is 3.88. The molecule has 5 nitrogen and oxygen atoms in total. The molecule has 0 aliphatic heterocycles. The van der Waals surface area contributed by atoms with Crippen LogP contribution < -0.4 is 10.6 Å². The van der Waals surface area contributed by atoms with E-state index in [1.807, 2.05) is 6.92 Å². The zero-order valence-corrected chi connectivity index (χ0v) is 8.25. The molecule has 1 rings (SSSR count). The number of hydrogen-bond donors (Lipinski definition) is 3. The van der Waals surface area contributed by atoms with E-state index in [0.29, 0.717) is 6.54 Å². The maximum Gasteiger partial charge on any atom is 0.320 e. The molecule has 14 heavy (non-hydrogen) atoms. The summed E-state index contributed by atoms with van der Waals surface area (Å²) in [5.41, 5.74) is 0. The molecular formula is C9H16N2O3. The average Bonchev–Trinajstić information content (AvgIpc) is 2.88. The van der Waals surface area contributed by atoms with Crippen LogP contribution in [0.1, 0.15) is 19.8 Å². The SMILES string of the molecule is CCNC(=O)CNC(C(=O)O)C1CC1. The fourth-order valence-electron chi connectivity index (χ4n) is 1.35. The van der Waals surface area contributed by atoms with Gasteiger partial charge in [-0.15, -0.1) is 0 Å². The van der Waals surface area contributed by atoms with E-state index in [1.165, 1.54) is 0 Å². The van der Waals surface area contributed by atoms with Gasteiger partial charge >= 0.3 is 5.97 Å². The molecule has 0 heterocycles. The molecule has 0 radical (unpaired) electrons. The molecule has 1 aliphatic carbocycles. The number of carbonyl (C=O) groups excluding carboxylic acids is 1. The lowest BCUT2D eigenvalue weighted by Gasteiger charge is -2.12. The highest BCUT2D eigenvalue weighted by Crippen LogP contribution is 2.32. The first-order chi connectivity index (χ1) is 6.65. The first kappa shape index (κ1) is 11.0. The Labute approximate surface area is 82.9 Å². The molecule has 1 fully saturated rings. The second-order valence-corrected chi connectivity index (χ2v) is 3.49. The standard InChI is InChI=1S/C9H16N2O3/c1-2-10-7(12)5-11-8(9(13)14)6-3-4-6/h6,8,11H,2-5H2,1H3,(H,10,12)(H,13,14). The highest BCUT2D eigenvalue weighted by atomic mass is 16.4. The first-order valence-corrected chi connectivity index (χ1v) is 4.88. The van der Waals surface area contributed by atoms with Crippen molar-refractivity contribution in [1.29, 1.82) is 0 Å². The van der Waals surface area contributed by atoms with Crippen molar-refractivity contribution in [2.75, 3.05) is 13.1 Å². The molecular weight excluding hydrogens is 184 g/mol. The molecule has 0 aromatic heterocycles. The molecule has 0 aromatic carbocycles. The molecule has 80 valence electrons. The van der Waals surface area contributed by atoms with Crippen molar-refractivity contribution in [1.82, 2.24) is 10.6 Å².